The number of halogens is 2. The van der Waals surface area contributed by atoms with Gasteiger partial charge in [-0.3, -0.25) is 0 Å². The van der Waals surface area contributed by atoms with Gasteiger partial charge in [-0.25, -0.2) is 13.8 Å². The topological polar surface area (TPSA) is 38.9 Å². The maximum atomic E-state index is 13.1. The van der Waals surface area contributed by atoms with E-state index in [4.69, 9.17) is 5.73 Å². The van der Waals surface area contributed by atoms with E-state index in [1.165, 1.54) is 23.5 Å². The van der Waals surface area contributed by atoms with Crippen LogP contribution in [0.2, 0.25) is 0 Å². The van der Waals surface area contributed by atoms with Crippen molar-refractivity contribution in [3.8, 4) is 11.3 Å². The van der Waals surface area contributed by atoms with Crippen LogP contribution in [0.15, 0.2) is 23.6 Å². The Hall–Kier alpha value is -1.33. The Morgan fingerprint density at radius 3 is 2.53 bits per heavy atom. The Balaban J connectivity index is 2.36. The van der Waals surface area contributed by atoms with Crippen molar-refractivity contribution in [2.24, 2.45) is 5.73 Å². The Bertz CT molecular complexity index is 505. The summed E-state index contributed by atoms with van der Waals surface area (Å²) in [6, 6.07) is 3.39. The van der Waals surface area contributed by atoms with E-state index < -0.39 is 11.6 Å². The first-order valence-electron chi connectivity index (χ1n) is 5.22. The molecule has 0 amide bonds. The zero-order chi connectivity index (χ0) is 12.4. The number of rotatable bonds is 3. The summed E-state index contributed by atoms with van der Waals surface area (Å²) in [7, 11) is 0. The minimum Gasteiger partial charge on any atom is -0.330 e. The third-order valence-corrected chi connectivity index (χ3v) is 3.53. The fourth-order valence-electron chi connectivity index (χ4n) is 1.45. The Morgan fingerprint density at radius 1 is 1.29 bits per heavy atom. The van der Waals surface area contributed by atoms with Gasteiger partial charge in [-0.2, -0.15) is 0 Å². The van der Waals surface area contributed by atoms with Crippen LogP contribution >= 0.6 is 11.3 Å². The van der Waals surface area contributed by atoms with Crippen LogP contribution < -0.4 is 5.73 Å². The van der Waals surface area contributed by atoms with Gasteiger partial charge in [0.25, 0.3) is 0 Å². The average molecular weight is 254 g/mol. The van der Waals surface area contributed by atoms with E-state index in [0.29, 0.717) is 17.8 Å². The van der Waals surface area contributed by atoms with Crippen molar-refractivity contribution in [3.63, 3.8) is 0 Å². The predicted octanol–water partition coefficient (Wildman–Crippen LogP) is 3.15. The number of thiazole rings is 1. The molecule has 1 heterocycles. The molecule has 1 atom stereocenters. The molecular formula is C12H12F2N2S. The van der Waals surface area contributed by atoms with Crippen molar-refractivity contribution in [3.05, 3.63) is 40.2 Å². The quantitative estimate of drug-likeness (QED) is 0.913. The molecule has 0 saturated heterocycles. The second-order valence-electron chi connectivity index (χ2n) is 3.87. The highest BCUT2D eigenvalue weighted by atomic mass is 32.1. The average Bonchev–Trinajstić information content (AvgIpc) is 2.76. The van der Waals surface area contributed by atoms with Crippen LogP contribution in [-0.2, 0) is 0 Å². The fourth-order valence-corrected chi connectivity index (χ4v) is 2.35. The molecule has 17 heavy (non-hydrogen) atoms. The molecule has 0 aliphatic carbocycles. The number of hydrogen-bond acceptors (Lipinski definition) is 3. The van der Waals surface area contributed by atoms with E-state index in [2.05, 4.69) is 4.98 Å². The van der Waals surface area contributed by atoms with E-state index in [1.807, 2.05) is 6.92 Å². The highest BCUT2D eigenvalue weighted by molar-refractivity contribution is 7.10. The van der Waals surface area contributed by atoms with E-state index >= 15 is 0 Å². The second-order valence-corrected chi connectivity index (χ2v) is 4.76. The molecule has 5 heteroatoms. The third-order valence-electron chi connectivity index (χ3n) is 2.46. The summed E-state index contributed by atoms with van der Waals surface area (Å²) >= 11 is 1.45. The Kier molecular flexibility index (Phi) is 3.49. The molecule has 0 radical (unpaired) electrons. The molecule has 0 bridgehead atoms. The zero-order valence-corrected chi connectivity index (χ0v) is 10.1. The van der Waals surface area contributed by atoms with Gasteiger partial charge in [0.2, 0.25) is 0 Å². The van der Waals surface area contributed by atoms with Gasteiger partial charge < -0.3 is 5.73 Å². The SMILES string of the molecule is CC(CN)c1nc(-c2cc(F)cc(F)c2)cs1. The van der Waals surface area contributed by atoms with Crippen LogP contribution in [0.1, 0.15) is 17.8 Å². The normalized spacial score (nSPS) is 12.7. The molecule has 1 unspecified atom stereocenters. The summed E-state index contributed by atoms with van der Waals surface area (Å²) in [6.45, 7) is 2.47. The minimum absolute atomic E-state index is 0.159. The van der Waals surface area contributed by atoms with Gasteiger partial charge in [0, 0.05) is 29.5 Å². The van der Waals surface area contributed by atoms with Crippen molar-refractivity contribution in [2.75, 3.05) is 6.54 Å². The van der Waals surface area contributed by atoms with Crippen LogP contribution in [-0.4, -0.2) is 11.5 Å². The van der Waals surface area contributed by atoms with Gasteiger partial charge in [-0.05, 0) is 12.1 Å². The molecule has 0 saturated carbocycles. The van der Waals surface area contributed by atoms with Crippen LogP contribution in [0.25, 0.3) is 11.3 Å². The van der Waals surface area contributed by atoms with E-state index in [9.17, 15) is 8.78 Å². The number of benzene rings is 1. The fraction of sp³-hybridized carbons (Fsp3) is 0.250. The molecular weight excluding hydrogens is 242 g/mol. The first kappa shape index (κ1) is 12.1. The lowest BCUT2D eigenvalue weighted by molar-refractivity contribution is 0.584. The molecule has 90 valence electrons. The van der Waals surface area contributed by atoms with Crippen LogP contribution in [0.4, 0.5) is 8.78 Å². The molecule has 2 N–H and O–H groups in total. The number of nitrogens with zero attached hydrogens (tertiary/aromatic N) is 1. The monoisotopic (exact) mass is 254 g/mol. The molecule has 2 nitrogen and oxygen atoms in total. The van der Waals surface area contributed by atoms with Gasteiger partial charge in [0.05, 0.1) is 10.7 Å². The van der Waals surface area contributed by atoms with Gasteiger partial charge in [0.15, 0.2) is 0 Å². The number of nitrogens with two attached hydrogens (primary N) is 1. The van der Waals surface area contributed by atoms with Crippen molar-refractivity contribution >= 4 is 11.3 Å². The maximum Gasteiger partial charge on any atom is 0.126 e. The standard InChI is InChI=1S/C12H12F2N2S/c1-7(5-15)12-16-11(6-17-12)8-2-9(13)4-10(14)3-8/h2-4,6-7H,5,15H2,1H3. The van der Waals surface area contributed by atoms with E-state index in [-0.39, 0.29) is 5.92 Å². The first-order chi connectivity index (χ1) is 8.10. The number of hydrogen-bond donors (Lipinski definition) is 1. The second kappa shape index (κ2) is 4.89. The molecule has 1 aromatic carbocycles. The molecule has 2 rings (SSSR count). The molecule has 0 fully saturated rings. The highest BCUT2D eigenvalue weighted by Crippen LogP contribution is 2.26. The summed E-state index contributed by atoms with van der Waals surface area (Å²) in [4.78, 5) is 4.34. The van der Waals surface area contributed by atoms with Crippen LogP contribution in [0.3, 0.4) is 0 Å². The van der Waals surface area contributed by atoms with E-state index in [0.717, 1.165) is 11.1 Å². The summed E-state index contributed by atoms with van der Waals surface area (Å²) in [6.07, 6.45) is 0. The summed E-state index contributed by atoms with van der Waals surface area (Å²) in [5, 5.41) is 2.67. The predicted molar refractivity (Wildman–Crippen MR) is 64.9 cm³/mol. The van der Waals surface area contributed by atoms with Crippen molar-refractivity contribution in [2.45, 2.75) is 12.8 Å². The zero-order valence-electron chi connectivity index (χ0n) is 9.28. The Labute approximate surface area is 102 Å². The van der Waals surface area contributed by atoms with Gasteiger partial charge in [-0.1, -0.05) is 6.92 Å². The molecule has 0 aliphatic rings. The van der Waals surface area contributed by atoms with Crippen molar-refractivity contribution < 1.29 is 8.78 Å². The lowest BCUT2D eigenvalue weighted by Crippen LogP contribution is -2.08. The summed E-state index contributed by atoms with van der Waals surface area (Å²) in [5.74, 6) is -1.03. The number of aromatic nitrogens is 1. The summed E-state index contributed by atoms with van der Waals surface area (Å²) < 4.78 is 26.1. The Morgan fingerprint density at radius 2 is 1.94 bits per heavy atom. The lowest BCUT2D eigenvalue weighted by Gasteiger charge is -2.02. The molecule has 0 spiro atoms. The first-order valence-corrected chi connectivity index (χ1v) is 6.10. The van der Waals surface area contributed by atoms with E-state index in [1.54, 1.807) is 5.38 Å². The lowest BCUT2D eigenvalue weighted by atomic mass is 10.1. The minimum atomic E-state index is -0.596. The summed E-state index contributed by atoms with van der Waals surface area (Å²) in [5.41, 5.74) is 6.59. The molecule has 2 aromatic rings. The van der Waals surface area contributed by atoms with Crippen LogP contribution in [0.5, 0.6) is 0 Å². The van der Waals surface area contributed by atoms with Crippen molar-refractivity contribution in [1.29, 1.82) is 0 Å². The highest BCUT2D eigenvalue weighted by Gasteiger charge is 2.11. The molecule has 0 aliphatic heterocycles. The molecule has 1 aromatic heterocycles. The van der Waals surface area contributed by atoms with Gasteiger partial charge >= 0.3 is 0 Å². The smallest absolute Gasteiger partial charge is 0.126 e. The largest absolute Gasteiger partial charge is 0.330 e. The van der Waals surface area contributed by atoms with Crippen molar-refractivity contribution in [1.82, 2.24) is 4.98 Å². The third kappa shape index (κ3) is 2.68. The van der Waals surface area contributed by atoms with Gasteiger partial charge in [0.1, 0.15) is 11.6 Å². The van der Waals surface area contributed by atoms with Crippen LogP contribution in [0, 0.1) is 11.6 Å². The maximum absolute atomic E-state index is 13.1. The van der Waals surface area contributed by atoms with Gasteiger partial charge in [-0.15, -0.1) is 11.3 Å².